The predicted molar refractivity (Wildman–Crippen MR) is 113 cm³/mol. The first-order valence-electron chi connectivity index (χ1n) is 9.17. The van der Waals surface area contributed by atoms with Crippen LogP contribution in [-0.2, 0) is 9.53 Å². The predicted octanol–water partition coefficient (Wildman–Crippen LogP) is 3.68. The molecule has 9 heteroatoms. The number of methoxy groups -OCH3 is 1. The molecule has 0 radical (unpaired) electrons. The van der Waals surface area contributed by atoms with E-state index in [9.17, 15) is 9.59 Å². The highest BCUT2D eigenvalue weighted by Crippen LogP contribution is 2.31. The summed E-state index contributed by atoms with van der Waals surface area (Å²) in [6.45, 7) is 2.41. The number of thioether (sulfide) groups is 1. The van der Waals surface area contributed by atoms with Crippen LogP contribution in [0.3, 0.4) is 0 Å². The monoisotopic (exact) mass is 427 g/mol. The van der Waals surface area contributed by atoms with Crippen LogP contribution >= 0.6 is 11.8 Å². The number of amides is 1. The number of para-hydroxylation sites is 2. The van der Waals surface area contributed by atoms with Crippen molar-refractivity contribution in [2.45, 2.75) is 12.1 Å². The molecule has 1 heterocycles. The minimum absolute atomic E-state index is 0.0563. The van der Waals surface area contributed by atoms with Gasteiger partial charge in [0.2, 0.25) is 5.91 Å². The van der Waals surface area contributed by atoms with Gasteiger partial charge in [-0.05, 0) is 31.2 Å². The van der Waals surface area contributed by atoms with Crippen molar-refractivity contribution in [3.63, 3.8) is 0 Å². The molecule has 0 saturated carbocycles. The van der Waals surface area contributed by atoms with Gasteiger partial charge < -0.3 is 18.8 Å². The number of benzene rings is 2. The first-order chi connectivity index (χ1) is 14.5. The fourth-order valence-corrected chi connectivity index (χ4v) is 3.38. The number of carbonyl (C=O) groups excluding carboxylic acids is 2. The van der Waals surface area contributed by atoms with Crippen molar-refractivity contribution in [3.8, 4) is 17.2 Å². The topological polar surface area (TPSA) is 94.8 Å². The van der Waals surface area contributed by atoms with Crippen LogP contribution in [0.4, 0.5) is 5.69 Å². The summed E-state index contributed by atoms with van der Waals surface area (Å²) in [6.07, 6.45) is 0. The second kappa shape index (κ2) is 9.93. The molecule has 0 fully saturated rings. The molecule has 3 aromatic rings. The third-order valence-electron chi connectivity index (χ3n) is 4.19. The van der Waals surface area contributed by atoms with Crippen molar-refractivity contribution in [2.24, 2.45) is 0 Å². The average Bonchev–Trinajstić information content (AvgIpc) is 3.26. The van der Waals surface area contributed by atoms with E-state index in [2.05, 4.69) is 10.2 Å². The maximum absolute atomic E-state index is 12.6. The van der Waals surface area contributed by atoms with E-state index in [-0.39, 0.29) is 16.9 Å². The molecule has 0 bridgehead atoms. The molecule has 0 atom stereocenters. The molecule has 0 spiro atoms. The van der Waals surface area contributed by atoms with E-state index >= 15 is 0 Å². The second-order valence-electron chi connectivity index (χ2n) is 6.05. The van der Waals surface area contributed by atoms with Crippen molar-refractivity contribution < 1.29 is 23.5 Å². The number of nitrogens with zero attached hydrogens (tertiary/aromatic N) is 3. The van der Waals surface area contributed by atoms with Crippen molar-refractivity contribution in [1.82, 2.24) is 10.2 Å². The summed E-state index contributed by atoms with van der Waals surface area (Å²) in [5.74, 6) is 0.285. The van der Waals surface area contributed by atoms with Gasteiger partial charge in [-0.2, -0.15) is 0 Å². The number of rotatable bonds is 8. The standard InChI is InChI=1S/C21H21N3O5S/c1-4-28-17-12-8-6-10-15(17)19-22-23-21(29-19)30-13-18(25)24(2)16-11-7-5-9-14(16)20(26)27-3/h5-12H,4,13H2,1-3H3. The number of hydrogen-bond acceptors (Lipinski definition) is 8. The Bertz CT molecular complexity index is 1040. The van der Waals surface area contributed by atoms with Crippen molar-refractivity contribution in [2.75, 3.05) is 31.4 Å². The molecule has 2 aromatic carbocycles. The Kier molecular flexibility index (Phi) is 7.08. The number of ether oxygens (including phenoxy) is 2. The quantitative estimate of drug-likeness (QED) is 0.397. The second-order valence-corrected chi connectivity index (χ2v) is 6.98. The Balaban J connectivity index is 1.69. The van der Waals surface area contributed by atoms with Gasteiger partial charge in [-0.3, -0.25) is 4.79 Å². The maximum Gasteiger partial charge on any atom is 0.339 e. The normalized spacial score (nSPS) is 10.5. The zero-order valence-corrected chi connectivity index (χ0v) is 17.6. The lowest BCUT2D eigenvalue weighted by atomic mass is 10.1. The van der Waals surface area contributed by atoms with Gasteiger partial charge in [0, 0.05) is 7.05 Å². The van der Waals surface area contributed by atoms with Crippen LogP contribution in [0.25, 0.3) is 11.5 Å². The molecule has 0 unspecified atom stereocenters. The third-order valence-corrected chi connectivity index (χ3v) is 4.99. The fraction of sp³-hybridized carbons (Fsp3) is 0.238. The molecular weight excluding hydrogens is 406 g/mol. The van der Waals surface area contributed by atoms with Crippen molar-refractivity contribution in [3.05, 3.63) is 54.1 Å². The third kappa shape index (κ3) is 4.80. The van der Waals surface area contributed by atoms with E-state index in [1.54, 1.807) is 31.3 Å². The van der Waals surface area contributed by atoms with Gasteiger partial charge >= 0.3 is 5.97 Å². The van der Waals surface area contributed by atoms with E-state index in [0.717, 1.165) is 11.8 Å². The van der Waals surface area contributed by atoms with Gasteiger partial charge in [-0.25, -0.2) is 4.79 Å². The number of carbonyl (C=O) groups is 2. The molecule has 156 valence electrons. The van der Waals surface area contributed by atoms with Gasteiger partial charge in [0.25, 0.3) is 11.1 Å². The fourth-order valence-electron chi connectivity index (χ4n) is 2.70. The minimum Gasteiger partial charge on any atom is -0.493 e. The lowest BCUT2D eigenvalue weighted by Crippen LogP contribution is -2.29. The summed E-state index contributed by atoms with van der Waals surface area (Å²) >= 11 is 1.12. The van der Waals surface area contributed by atoms with Crippen LogP contribution in [0.15, 0.2) is 58.2 Å². The summed E-state index contributed by atoms with van der Waals surface area (Å²) in [5.41, 5.74) is 1.47. The van der Waals surface area contributed by atoms with Crippen molar-refractivity contribution >= 4 is 29.3 Å². The molecule has 0 saturated heterocycles. The van der Waals surface area contributed by atoms with Crippen LogP contribution in [0.5, 0.6) is 5.75 Å². The number of aromatic nitrogens is 2. The Morgan fingerprint density at radius 3 is 2.60 bits per heavy atom. The molecule has 3 rings (SSSR count). The van der Waals surface area contributed by atoms with Gasteiger partial charge in [0.1, 0.15) is 5.75 Å². The SMILES string of the molecule is CCOc1ccccc1-c1nnc(SCC(=O)N(C)c2ccccc2C(=O)OC)o1. The van der Waals surface area contributed by atoms with Crippen LogP contribution in [0, 0.1) is 0 Å². The smallest absolute Gasteiger partial charge is 0.339 e. The van der Waals surface area contributed by atoms with Gasteiger partial charge in [0.05, 0.1) is 36.3 Å². The van der Waals surface area contributed by atoms with Crippen LogP contribution in [0.2, 0.25) is 0 Å². The maximum atomic E-state index is 12.6. The first-order valence-corrected chi connectivity index (χ1v) is 10.2. The van der Waals surface area contributed by atoms with Crippen molar-refractivity contribution in [1.29, 1.82) is 0 Å². The van der Waals surface area contributed by atoms with E-state index in [4.69, 9.17) is 13.9 Å². The Hall–Kier alpha value is -3.33. The molecule has 0 aliphatic heterocycles. The molecule has 1 aromatic heterocycles. The van der Waals surface area contributed by atoms with E-state index < -0.39 is 5.97 Å². The molecule has 30 heavy (non-hydrogen) atoms. The first kappa shape index (κ1) is 21.4. The molecule has 1 amide bonds. The van der Waals surface area contributed by atoms with Crippen LogP contribution in [-0.4, -0.2) is 48.6 Å². The number of esters is 1. The molecule has 0 aliphatic rings. The lowest BCUT2D eigenvalue weighted by molar-refractivity contribution is -0.115. The summed E-state index contributed by atoms with van der Waals surface area (Å²) < 4.78 is 16.1. The highest BCUT2D eigenvalue weighted by molar-refractivity contribution is 7.99. The number of anilines is 1. The molecule has 8 nitrogen and oxygen atoms in total. The summed E-state index contributed by atoms with van der Waals surface area (Å²) in [4.78, 5) is 26.0. The summed E-state index contributed by atoms with van der Waals surface area (Å²) in [6, 6.07) is 14.1. The van der Waals surface area contributed by atoms with E-state index in [0.29, 0.717) is 35.1 Å². The zero-order valence-electron chi connectivity index (χ0n) is 16.8. The minimum atomic E-state index is -0.507. The van der Waals surface area contributed by atoms with Gasteiger partial charge in [-0.1, -0.05) is 36.0 Å². The van der Waals surface area contributed by atoms with E-state index in [1.165, 1.54) is 12.0 Å². The summed E-state index contributed by atoms with van der Waals surface area (Å²) in [7, 11) is 2.90. The Morgan fingerprint density at radius 2 is 1.83 bits per heavy atom. The van der Waals surface area contributed by atoms with Crippen LogP contribution in [0.1, 0.15) is 17.3 Å². The Morgan fingerprint density at radius 1 is 1.10 bits per heavy atom. The van der Waals surface area contributed by atoms with Crippen LogP contribution < -0.4 is 9.64 Å². The van der Waals surface area contributed by atoms with Gasteiger partial charge in [-0.15, -0.1) is 10.2 Å². The summed E-state index contributed by atoms with van der Waals surface area (Å²) in [5, 5.41) is 8.32. The highest BCUT2D eigenvalue weighted by Gasteiger charge is 2.20. The van der Waals surface area contributed by atoms with Gasteiger partial charge in [0.15, 0.2) is 0 Å². The average molecular weight is 427 g/mol. The molecule has 0 N–H and O–H groups in total. The zero-order chi connectivity index (χ0) is 21.5. The molecular formula is C21H21N3O5S. The highest BCUT2D eigenvalue weighted by atomic mass is 32.2. The van der Waals surface area contributed by atoms with E-state index in [1.807, 2.05) is 31.2 Å². The number of hydrogen-bond donors (Lipinski definition) is 0. The lowest BCUT2D eigenvalue weighted by Gasteiger charge is -2.19. The Labute approximate surface area is 178 Å². The largest absolute Gasteiger partial charge is 0.493 e. The molecule has 0 aliphatic carbocycles.